The average molecular weight is 461 g/mol. The standard InChI is InChI=1S/C28H44O5/c1-4-5-6-11-18-31-21-24-23(25-16-17-26(24)33-25)13-10-8-7-9-12-19-32-22-14-15-27(29-2)28(20-22)30-3/h8,10,14-15,20,23-26H,4-7,9,11-13,16-19,21H2,1-3H3/t23-,24+,25-,26+/m1/s1. The van der Waals surface area contributed by atoms with E-state index in [1.165, 1.54) is 38.5 Å². The molecule has 5 nitrogen and oxygen atoms in total. The summed E-state index contributed by atoms with van der Waals surface area (Å²) in [6.07, 6.45) is 17.5. The molecule has 0 N–H and O–H groups in total. The van der Waals surface area contributed by atoms with Crippen LogP contribution in [0.3, 0.4) is 0 Å². The van der Waals surface area contributed by atoms with Gasteiger partial charge in [0.1, 0.15) is 5.75 Å². The topological polar surface area (TPSA) is 46.2 Å². The third-order valence-electron chi connectivity index (χ3n) is 7.01. The van der Waals surface area contributed by atoms with Crippen LogP contribution in [0.5, 0.6) is 17.2 Å². The van der Waals surface area contributed by atoms with E-state index in [0.29, 0.717) is 36.4 Å². The van der Waals surface area contributed by atoms with Gasteiger partial charge in [-0.15, -0.1) is 0 Å². The molecule has 33 heavy (non-hydrogen) atoms. The maximum absolute atomic E-state index is 6.23. The van der Waals surface area contributed by atoms with E-state index in [0.717, 1.165) is 50.4 Å². The Hall–Kier alpha value is -1.72. The molecule has 0 amide bonds. The van der Waals surface area contributed by atoms with Gasteiger partial charge in [-0.1, -0.05) is 38.3 Å². The molecule has 2 aliphatic heterocycles. The van der Waals surface area contributed by atoms with Gasteiger partial charge in [0, 0.05) is 18.6 Å². The van der Waals surface area contributed by atoms with Crippen LogP contribution in [0.1, 0.15) is 71.1 Å². The molecule has 0 aromatic heterocycles. The van der Waals surface area contributed by atoms with Crippen LogP contribution in [0.2, 0.25) is 0 Å². The zero-order valence-corrected chi connectivity index (χ0v) is 20.9. The second-order valence-electron chi connectivity index (χ2n) is 9.32. The van der Waals surface area contributed by atoms with Gasteiger partial charge in [-0.2, -0.15) is 0 Å². The van der Waals surface area contributed by atoms with Crippen LogP contribution in [-0.2, 0) is 9.47 Å². The van der Waals surface area contributed by atoms with E-state index in [1.54, 1.807) is 14.2 Å². The van der Waals surface area contributed by atoms with E-state index in [9.17, 15) is 0 Å². The van der Waals surface area contributed by atoms with Gasteiger partial charge in [0.05, 0.1) is 39.6 Å². The molecule has 5 heteroatoms. The van der Waals surface area contributed by atoms with E-state index in [1.807, 2.05) is 18.2 Å². The van der Waals surface area contributed by atoms with E-state index >= 15 is 0 Å². The fraction of sp³-hybridized carbons (Fsp3) is 0.714. The molecule has 0 spiro atoms. The van der Waals surface area contributed by atoms with E-state index < -0.39 is 0 Å². The second kappa shape index (κ2) is 14.5. The van der Waals surface area contributed by atoms with Crippen LogP contribution in [0.4, 0.5) is 0 Å². The normalized spacial score (nSPS) is 24.0. The fourth-order valence-electron chi connectivity index (χ4n) is 5.11. The summed E-state index contributed by atoms with van der Waals surface area (Å²) in [4.78, 5) is 0. The van der Waals surface area contributed by atoms with Crippen molar-refractivity contribution in [1.29, 1.82) is 0 Å². The first-order chi connectivity index (χ1) is 16.3. The van der Waals surface area contributed by atoms with Gasteiger partial charge in [-0.3, -0.25) is 0 Å². The zero-order chi connectivity index (χ0) is 23.3. The summed E-state index contributed by atoms with van der Waals surface area (Å²) in [5.41, 5.74) is 0. The average Bonchev–Trinajstić information content (AvgIpc) is 3.45. The first-order valence-corrected chi connectivity index (χ1v) is 13.0. The van der Waals surface area contributed by atoms with Crippen LogP contribution < -0.4 is 14.2 Å². The highest BCUT2D eigenvalue weighted by Crippen LogP contribution is 2.45. The minimum atomic E-state index is 0.428. The summed E-state index contributed by atoms with van der Waals surface area (Å²) in [5, 5.41) is 0. The molecule has 4 atom stereocenters. The Balaban J connectivity index is 1.29. The molecule has 3 rings (SSSR count). The molecule has 2 fully saturated rings. The third kappa shape index (κ3) is 7.92. The SMILES string of the molecule is CCCCCCOC[C@H]1[C@@H](CC=CCCCCOc2ccc(OC)c(OC)c2)[C@H]2CC[C@@H]1O2. The van der Waals surface area contributed by atoms with Crippen molar-refractivity contribution in [1.82, 2.24) is 0 Å². The summed E-state index contributed by atoms with van der Waals surface area (Å²) in [6, 6.07) is 5.67. The van der Waals surface area contributed by atoms with Gasteiger partial charge in [0.25, 0.3) is 0 Å². The van der Waals surface area contributed by atoms with Crippen LogP contribution in [0.25, 0.3) is 0 Å². The van der Waals surface area contributed by atoms with Crippen LogP contribution in [-0.4, -0.2) is 46.2 Å². The minimum Gasteiger partial charge on any atom is -0.493 e. The Morgan fingerprint density at radius 2 is 1.67 bits per heavy atom. The predicted octanol–water partition coefficient (Wildman–Crippen LogP) is 6.59. The summed E-state index contributed by atoms with van der Waals surface area (Å²) in [5.74, 6) is 3.44. The van der Waals surface area contributed by atoms with Crippen LogP contribution in [0.15, 0.2) is 30.4 Å². The van der Waals surface area contributed by atoms with Crippen molar-refractivity contribution in [2.24, 2.45) is 11.8 Å². The maximum Gasteiger partial charge on any atom is 0.164 e. The molecule has 2 aliphatic rings. The molecular weight excluding hydrogens is 416 g/mol. The van der Waals surface area contributed by atoms with Crippen molar-refractivity contribution >= 4 is 0 Å². The summed E-state index contributed by atoms with van der Waals surface area (Å²) in [7, 11) is 3.28. The maximum atomic E-state index is 6.23. The highest BCUT2D eigenvalue weighted by molar-refractivity contribution is 5.45. The van der Waals surface area contributed by atoms with Crippen molar-refractivity contribution in [3.63, 3.8) is 0 Å². The molecule has 0 saturated carbocycles. The molecule has 0 aliphatic carbocycles. The highest BCUT2D eigenvalue weighted by Gasteiger charge is 2.48. The molecule has 186 valence electrons. The molecule has 1 aromatic carbocycles. The summed E-state index contributed by atoms with van der Waals surface area (Å²) < 4.78 is 28.7. The van der Waals surface area contributed by atoms with E-state index in [4.69, 9.17) is 23.7 Å². The van der Waals surface area contributed by atoms with E-state index in [2.05, 4.69) is 19.1 Å². The van der Waals surface area contributed by atoms with Gasteiger partial charge in [0.15, 0.2) is 11.5 Å². The number of methoxy groups -OCH3 is 2. The lowest BCUT2D eigenvalue weighted by Crippen LogP contribution is -2.30. The van der Waals surface area contributed by atoms with Crippen LogP contribution >= 0.6 is 0 Å². The number of allylic oxidation sites excluding steroid dienone is 2. The molecule has 2 heterocycles. The minimum absolute atomic E-state index is 0.428. The van der Waals surface area contributed by atoms with Crippen molar-refractivity contribution in [3.8, 4) is 17.2 Å². The lowest BCUT2D eigenvalue weighted by atomic mass is 9.78. The van der Waals surface area contributed by atoms with Gasteiger partial charge in [-0.05, 0) is 63.0 Å². The summed E-state index contributed by atoms with van der Waals surface area (Å²) in [6.45, 7) is 4.74. The third-order valence-corrected chi connectivity index (χ3v) is 7.01. The largest absolute Gasteiger partial charge is 0.493 e. The Morgan fingerprint density at radius 1 is 0.879 bits per heavy atom. The number of unbranched alkanes of at least 4 members (excludes halogenated alkanes) is 5. The first-order valence-electron chi connectivity index (χ1n) is 13.0. The lowest BCUT2D eigenvalue weighted by molar-refractivity contribution is 0.0478. The Labute approximate surface area is 200 Å². The number of rotatable bonds is 17. The number of hydrogen-bond acceptors (Lipinski definition) is 5. The summed E-state index contributed by atoms with van der Waals surface area (Å²) >= 11 is 0. The highest BCUT2D eigenvalue weighted by atomic mass is 16.5. The number of hydrogen-bond donors (Lipinski definition) is 0. The van der Waals surface area contributed by atoms with Crippen molar-refractivity contribution in [2.75, 3.05) is 34.0 Å². The number of benzene rings is 1. The molecule has 0 unspecified atom stereocenters. The molecule has 2 saturated heterocycles. The van der Waals surface area contributed by atoms with Gasteiger partial charge in [-0.25, -0.2) is 0 Å². The van der Waals surface area contributed by atoms with Crippen molar-refractivity contribution < 1.29 is 23.7 Å². The first kappa shape index (κ1) is 25.9. The lowest BCUT2D eigenvalue weighted by Gasteiger charge is -2.27. The van der Waals surface area contributed by atoms with Gasteiger partial charge in [0.2, 0.25) is 0 Å². The molecular formula is C28H44O5. The Kier molecular flexibility index (Phi) is 11.4. The Bertz CT molecular complexity index is 704. The number of fused-ring (bicyclic) bond motifs is 2. The monoisotopic (exact) mass is 460 g/mol. The predicted molar refractivity (Wildman–Crippen MR) is 132 cm³/mol. The van der Waals surface area contributed by atoms with Crippen molar-refractivity contribution in [2.45, 2.75) is 83.3 Å². The van der Waals surface area contributed by atoms with Gasteiger partial charge < -0.3 is 23.7 Å². The molecule has 0 radical (unpaired) electrons. The molecule has 2 bridgehead atoms. The number of ether oxygens (including phenoxy) is 5. The molecule has 1 aromatic rings. The zero-order valence-electron chi connectivity index (χ0n) is 20.9. The fourth-order valence-corrected chi connectivity index (χ4v) is 5.11. The smallest absolute Gasteiger partial charge is 0.164 e. The second-order valence-corrected chi connectivity index (χ2v) is 9.32. The van der Waals surface area contributed by atoms with Gasteiger partial charge >= 0.3 is 0 Å². The van der Waals surface area contributed by atoms with E-state index in [-0.39, 0.29) is 0 Å². The van der Waals surface area contributed by atoms with Crippen LogP contribution in [0, 0.1) is 11.8 Å². The van der Waals surface area contributed by atoms with Crippen molar-refractivity contribution in [3.05, 3.63) is 30.4 Å². The quantitative estimate of drug-likeness (QED) is 0.194. The Morgan fingerprint density at radius 3 is 2.45 bits per heavy atom.